The largest absolute Gasteiger partial charge is 0.459 e. The van der Waals surface area contributed by atoms with E-state index in [4.69, 9.17) is 11.6 Å². The van der Waals surface area contributed by atoms with Crippen molar-refractivity contribution in [2.75, 3.05) is 5.01 Å². The minimum absolute atomic E-state index is 0.130. The molecule has 0 amide bonds. The molecule has 0 saturated carbocycles. The van der Waals surface area contributed by atoms with Crippen LogP contribution in [0.3, 0.4) is 0 Å². The maximum atomic E-state index is 14.2. The Balaban J connectivity index is 1.82. The smallest absolute Gasteiger partial charge is 0.294 e. The quantitative estimate of drug-likeness (QED) is 0.281. The predicted octanol–water partition coefficient (Wildman–Crippen LogP) is 7.11. The van der Waals surface area contributed by atoms with Gasteiger partial charge in [-0.25, -0.2) is 0 Å². The Bertz CT molecular complexity index is 1280. The van der Waals surface area contributed by atoms with E-state index in [-0.39, 0.29) is 22.2 Å². The molecule has 176 valence electrons. The van der Waals surface area contributed by atoms with Gasteiger partial charge in [0.25, 0.3) is 0 Å². The Morgan fingerprint density at radius 1 is 0.971 bits per heavy atom. The van der Waals surface area contributed by atoms with E-state index in [0.717, 1.165) is 5.01 Å². The highest BCUT2D eigenvalue weighted by atomic mass is 35.5. The zero-order valence-corrected chi connectivity index (χ0v) is 18.4. The number of rotatable bonds is 5. The molecule has 0 saturated heterocycles. The van der Waals surface area contributed by atoms with Crippen LogP contribution in [-0.2, 0) is 0 Å². The van der Waals surface area contributed by atoms with E-state index >= 15 is 0 Å². The van der Waals surface area contributed by atoms with Crippen LogP contribution in [0, 0.1) is 0 Å². The van der Waals surface area contributed by atoms with Crippen molar-refractivity contribution in [1.82, 2.24) is 4.98 Å². The van der Waals surface area contributed by atoms with E-state index in [2.05, 4.69) is 10.1 Å². The molecular weight excluding hydrogens is 477 g/mol. The first-order valence-corrected chi connectivity index (χ1v) is 10.5. The van der Waals surface area contributed by atoms with Crippen LogP contribution in [0.2, 0.25) is 5.02 Å². The number of anilines is 1. The molecule has 1 aliphatic heterocycles. The average Bonchev–Trinajstić information content (AvgIpc) is 3.25. The van der Waals surface area contributed by atoms with Gasteiger partial charge in [0.15, 0.2) is 5.78 Å². The van der Waals surface area contributed by atoms with Gasteiger partial charge in [0.2, 0.25) is 0 Å². The number of pyridine rings is 1. The molecule has 0 spiro atoms. The summed E-state index contributed by atoms with van der Waals surface area (Å²) in [6.45, 7) is 1.40. The summed E-state index contributed by atoms with van der Waals surface area (Å²) < 4.78 is 67.8. The summed E-state index contributed by atoms with van der Waals surface area (Å²) in [7, 11) is 0. The van der Waals surface area contributed by atoms with Gasteiger partial charge in [-0.1, -0.05) is 54.1 Å². The van der Waals surface area contributed by atoms with E-state index in [1.165, 1.54) is 25.1 Å². The summed E-state index contributed by atoms with van der Waals surface area (Å²) in [5.41, 5.74) is 0.327. The number of hydrogen-bond acceptors (Lipinski definition) is 4. The molecule has 1 atom stereocenters. The maximum absolute atomic E-state index is 14.2. The van der Waals surface area contributed by atoms with Crippen LogP contribution in [0.1, 0.15) is 35.4 Å². The third kappa shape index (κ3) is 4.27. The van der Waals surface area contributed by atoms with Crippen LogP contribution in [0.15, 0.2) is 71.8 Å². The van der Waals surface area contributed by atoms with Crippen molar-refractivity contribution >= 4 is 28.8 Å². The van der Waals surface area contributed by atoms with E-state index in [1.54, 1.807) is 48.5 Å². The Morgan fingerprint density at radius 3 is 2.32 bits per heavy atom. The van der Waals surface area contributed by atoms with E-state index in [9.17, 15) is 26.7 Å². The van der Waals surface area contributed by atoms with Crippen LogP contribution in [0.25, 0.3) is 11.3 Å². The van der Waals surface area contributed by atoms with Gasteiger partial charge in [0.1, 0.15) is 11.8 Å². The Kier molecular flexibility index (Phi) is 6.16. The van der Waals surface area contributed by atoms with Crippen molar-refractivity contribution in [3.63, 3.8) is 0 Å². The molecular formula is C24H17ClF5N3O. The number of aromatic nitrogens is 1. The fourth-order valence-corrected chi connectivity index (χ4v) is 3.98. The topological polar surface area (TPSA) is 45.6 Å². The molecule has 34 heavy (non-hydrogen) atoms. The highest BCUT2D eigenvalue weighted by Gasteiger charge is 2.63. The molecule has 10 heteroatoms. The molecule has 4 rings (SSSR count). The second-order valence-corrected chi connectivity index (χ2v) is 8.09. The van der Waals surface area contributed by atoms with Crippen molar-refractivity contribution in [2.45, 2.75) is 31.5 Å². The minimum atomic E-state index is -5.80. The number of carbonyl (C=O) groups excluding carboxylic acids is 1. The van der Waals surface area contributed by atoms with Crippen molar-refractivity contribution < 1.29 is 26.7 Å². The number of nitrogens with zero attached hydrogens (tertiary/aromatic N) is 3. The third-order valence-corrected chi connectivity index (χ3v) is 5.74. The molecule has 3 aromatic rings. The number of ketones is 1. The zero-order valence-electron chi connectivity index (χ0n) is 17.7. The Labute approximate surface area is 196 Å². The van der Waals surface area contributed by atoms with Crippen LogP contribution < -0.4 is 5.01 Å². The van der Waals surface area contributed by atoms with Crippen molar-refractivity contribution in [2.24, 2.45) is 5.10 Å². The van der Waals surface area contributed by atoms with Crippen molar-refractivity contribution in [3.8, 4) is 11.3 Å². The number of hydrazone groups is 1. The van der Waals surface area contributed by atoms with E-state index in [0.29, 0.717) is 16.8 Å². The molecule has 1 aromatic heterocycles. The number of carbonyl (C=O) groups is 1. The molecule has 0 bridgehead atoms. The third-order valence-electron chi connectivity index (χ3n) is 5.42. The standard InChI is InChI=1S/C24H17ClF5N3O/c1-14(34)15-7-2-3-8-16(15)18-10-6-11-19(31-18)21-13-22(23(26,27)24(28,29)30)32-33(21)20-12-5-4-9-17(20)25/h2-12,21H,13H2,1H3. The fourth-order valence-electron chi connectivity index (χ4n) is 3.75. The number of Topliss-reactive ketones (excluding diaryl/α,β-unsaturated/α-hetero) is 1. The number of alkyl halides is 5. The molecule has 2 heterocycles. The average molecular weight is 494 g/mol. The van der Waals surface area contributed by atoms with Crippen LogP contribution >= 0.6 is 11.6 Å². The first kappa shape index (κ1) is 23.8. The summed E-state index contributed by atoms with van der Waals surface area (Å²) in [6, 6.07) is 16.5. The van der Waals surface area contributed by atoms with E-state index < -0.39 is 30.3 Å². The van der Waals surface area contributed by atoms with Crippen LogP contribution in [0.5, 0.6) is 0 Å². The van der Waals surface area contributed by atoms with Gasteiger partial charge in [0.05, 0.1) is 22.1 Å². The summed E-state index contributed by atoms with van der Waals surface area (Å²) in [6.07, 6.45) is -6.52. The lowest BCUT2D eigenvalue weighted by Gasteiger charge is -2.24. The summed E-state index contributed by atoms with van der Waals surface area (Å²) in [5.74, 6) is -5.32. The molecule has 0 radical (unpaired) electrons. The SMILES string of the molecule is CC(=O)c1ccccc1-c1cccc(C2CC(C(F)(F)C(F)(F)F)=NN2c2ccccc2Cl)n1. The monoisotopic (exact) mass is 493 g/mol. The highest BCUT2D eigenvalue weighted by molar-refractivity contribution is 6.33. The lowest BCUT2D eigenvalue weighted by molar-refractivity contribution is -0.249. The van der Waals surface area contributed by atoms with E-state index in [1.807, 2.05) is 0 Å². The predicted molar refractivity (Wildman–Crippen MR) is 119 cm³/mol. The second-order valence-electron chi connectivity index (χ2n) is 7.68. The van der Waals surface area contributed by atoms with Gasteiger partial charge < -0.3 is 0 Å². The van der Waals surface area contributed by atoms with Gasteiger partial charge in [-0.3, -0.25) is 14.8 Å². The summed E-state index contributed by atoms with van der Waals surface area (Å²) >= 11 is 6.21. The normalized spacial score (nSPS) is 16.5. The minimum Gasteiger partial charge on any atom is -0.294 e. The molecule has 4 nitrogen and oxygen atoms in total. The molecule has 1 unspecified atom stereocenters. The van der Waals surface area contributed by atoms with Crippen LogP contribution in [-0.4, -0.2) is 28.6 Å². The lowest BCUT2D eigenvalue weighted by atomic mass is 9.99. The Morgan fingerprint density at radius 2 is 1.65 bits per heavy atom. The molecule has 2 aromatic carbocycles. The summed E-state index contributed by atoms with van der Waals surface area (Å²) in [5, 5.41) is 4.84. The molecule has 1 aliphatic rings. The number of halogens is 6. The number of para-hydroxylation sites is 1. The number of hydrogen-bond donors (Lipinski definition) is 0. The van der Waals surface area contributed by atoms with Gasteiger partial charge in [-0.05, 0) is 31.2 Å². The molecule has 0 aliphatic carbocycles. The molecule has 0 fully saturated rings. The first-order valence-electron chi connectivity index (χ1n) is 10.1. The van der Waals surface area contributed by atoms with Gasteiger partial charge >= 0.3 is 12.1 Å². The lowest BCUT2D eigenvalue weighted by Crippen LogP contribution is -2.43. The van der Waals surface area contributed by atoms with Gasteiger partial charge in [0, 0.05) is 17.5 Å². The maximum Gasteiger partial charge on any atom is 0.459 e. The number of benzene rings is 2. The van der Waals surface area contributed by atoms with Crippen molar-refractivity contribution in [3.05, 3.63) is 83.0 Å². The van der Waals surface area contributed by atoms with Gasteiger partial charge in [-0.15, -0.1) is 0 Å². The van der Waals surface area contributed by atoms with Crippen molar-refractivity contribution in [1.29, 1.82) is 0 Å². The highest BCUT2D eigenvalue weighted by Crippen LogP contribution is 2.45. The van der Waals surface area contributed by atoms with Gasteiger partial charge in [-0.2, -0.15) is 27.1 Å². The fraction of sp³-hybridized carbons (Fsp3) is 0.208. The zero-order chi connectivity index (χ0) is 24.7. The second kappa shape index (κ2) is 8.79. The summed E-state index contributed by atoms with van der Waals surface area (Å²) in [4.78, 5) is 16.6. The Hall–Kier alpha value is -3.33. The first-order chi connectivity index (χ1) is 16.0. The molecule has 0 N–H and O–H groups in total. The van der Waals surface area contributed by atoms with Crippen LogP contribution in [0.4, 0.5) is 27.6 Å².